The summed E-state index contributed by atoms with van der Waals surface area (Å²) in [4.78, 5) is 32.6. The number of aryl methyl sites for hydroxylation is 1. The van der Waals surface area contributed by atoms with Crippen molar-refractivity contribution in [3.63, 3.8) is 0 Å². The van der Waals surface area contributed by atoms with Crippen molar-refractivity contribution >= 4 is 35.1 Å². The highest BCUT2D eigenvalue weighted by Crippen LogP contribution is 2.34. The number of nitrogens with zero attached hydrogens (tertiary/aromatic N) is 3. The number of aromatic nitrogens is 2. The maximum atomic E-state index is 13.7. The molecule has 0 saturated carbocycles. The Morgan fingerprint density at radius 3 is 2.58 bits per heavy atom. The molecule has 7 nitrogen and oxygen atoms in total. The molecule has 0 unspecified atom stereocenters. The Labute approximate surface area is 239 Å². The van der Waals surface area contributed by atoms with Crippen LogP contribution in [-0.4, -0.2) is 39.1 Å². The van der Waals surface area contributed by atoms with E-state index in [-0.39, 0.29) is 23.0 Å². The standard InChI is InChI=1S/C30H25FN4O3S2/c1-38-23-13-9-19(10-14-23)25-17-26(20-7-11-21(31)12-8-20)35(33-25)27(36)18-40-30-32-24-15-16-39-28(24)29(37)34(30)22-5-3-2-4-6-22/h2-14,17,26,33H,15-16,18H2,1H3/t26-/m1/s1. The predicted octanol–water partition coefficient (Wildman–Crippen LogP) is 5.25. The molecule has 0 fully saturated rings. The summed E-state index contributed by atoms with van der Waals surface area (Å²) in [6.07, 6.45) is 2.67. The lowest BCUT2D eigenvalue weighted by atomic mass is 10.0. The molecule has 0 spiro atoms. The number of halogens is 1. The van der Waals surface area contributed by atoms with Crippen molar-refractivity contribution in [2.24, 2.45) is 0 Å². The van der Waals surface area contributed by atoms with E-state index in [1.807, 2.05) is 60.7 Å². The molecule has 1 aromatic heterocycles. The van der Waals surface area contributed by atoms with E-state index in [2.05, 4.69) is 5.43 Å². The highest BCUT2D eigenvalue weighted by Gasteiger charge is 2.31. The van der Waals surface area contributed by atoms with Crippen LogP contribution in [0, 0.1) is 5.82 Å². The van der Waals surface area contributed by atoms with Gasteiger partial charge in [0.1, 0.15) is 11.6 Å². The summed E-state index contributed by atoms with van der Waals surface area (Å²) in [5.74, 6) is 1.03. The van der Waals surface area contributed by atoms with E-state index < -0.39 is 6.04 Å². The first-order valence-electron chi connectivity index (χ1n) is 12.7. The number of hydrazine groups is 1. The van der Waals surface area contributed by atoms with Crippen LogP contribution in [-0.2, 0) is 11.2 Å². The van der Waals surface area contributed by atoms with Gasteiger partial charge in [-0.15, -0.1) is 11.8 Å². The second-order valence-electron chi connectivity index (χ2n) is 9.21. The number of hydrogen-bond acceptors (Lipinski definition) is 7. The summed E-state index contributed by atoms with van der Waals surface area (Å²) in [6.45, 7) is 0. The summed E-state index contributed by atoms with van der Waals surface area (Å²) >= 11 is 2.75. The molecule has 0 saturated heterocycles. The number of ether oxygens (including phenoxy) is 1. The highest BCUT2D eigenvalue weighted by atomic mass is 32.2. The third kappa shape index (κ3) is 5.12. The van der Waals surface area contributed by atoms with Crippen molar-refractivity contribution in [1.82, 2.24) is 20.0 Å². The molecule has 0 bridgehead atoms. The van der Waals surface area contributed by atoms with E-state index in [0.717, 1.165) is 40.4 Å². The second-order valence-corrected chi connectivity index (χ2v) is 11.3. The van der Waals surface area contributed by atoms with E-state index in [1.54, 1.807) is 28.8 Å². The van der Waals surface area contributed by atoms with Crippen molar-refractivity contribution in [1.29, 1.82) is 0 Å². The van der Waals surface area contributed by atoms with Crippen LogP contribution in [0.1, 0.15) is 22.9 Å². The van der Waals surface area contributed by atoms with Crippen molar-refractivity contribution in [3.05, 3.63) is 118 Å². The van der Waals surface area contributed by atoms with Crippen LogP contribution in [0.2, 0.25) is 0 Å². The van der Waals surface area contributed by atoms with Gasteiger partial charge in [-0.1, -0.05) is 42.1 Å². The van der Waals surface area contributed by atoms with Crippen LogP contribution in [0.15, 0.2) is 99.8 Å². The first-order chi connectivity index (χ1) is 19.5. The predicted molar refractivity (Wildman–Crippen MR) is 155 cm³/mol. The largest absolute Gasteiger partial charge is 0.497 e. The molecule has 0 radical (unpaired) electrons. The maximum Gasteiger partial charge on any atom is 0.272 e. The minimum atomic E-state index is -0.452. The molecule has 0 aliphatic carbocycles. The van der Waals surface area contributed by atoms with Gasteiger partial charge in [0, 0.05) is 12.2 Å². The lowest BCUT2D eigenvalue weighted by Crippen LogP contribution is -2.40. The zero-order valence-corrected chi connectivity index (χ0v) is 23.2. The summed E-state index contributed by atoms with van der Waals surface area (Å²) in [5, 5.41) is 2.03. The van der Waals surface area contributed by atoms with E-state index in [9.17, 15) is 14.0 Å². The number of nitrogens with one attached hydrogen (secondary N) is 1. The quantitative estimate of drug-likeness (QED) is 0.240. The minimum Gasteiger partial charge on any atom is -0.497 e. The van der Waals surface area contributed by atoms with Crippen LogP contribution < -0.4 is 15.7 Å². The summed E-state index contributed by atoms with van der Waals surface area (Å²) < 4.78 is 20.6. The first-order valence-corrected chi connectivity index (χ1v) is 14.7. The Kier molecular flexibility index (Phi) is 7.36. The molecule has 2 aliphatic heterocycles. The molecule has 40 heavy (non-hydrogen) atoms. The van der Waals surface area contributed by atoms with Gasteiger partial charge in [0.25, 0.3) is 11.5 Å². The molecule has 4 aromatic rings. The number of para-hydroxylation sites is 1. The van der Waals surface area contributed by atoms with E-state index in [1.165, 1.54) is 35.7 Å². The third-order valence-electron chi connectivity index (χ3n) is 6.73. The molecule has 3 heterocycles. The SMILES string of the molecule is COc1ccc(C2=C[C@H](c3ccc(F)cc3)N(C(=O)CSc3nc4c(c(=O)n3-c3ccccc3)SCC4)N2)cc1. The Hall–Kier alpha value is -4.02. The van der Waals surface area contributed by atoms with Gasteiger partial charge in [0.15, 0.2) is 5.16 Å². The van der Waals surface area contributed by atoms with Gasteiger partial charge < -0.3 is 4.74 Å². The van der Waals surface area contributed by atoms with Crippen LogP contribution >= 0.6 is 23.5 Å². The van der Waals surface area contributed by atoms with Gasteiger partial charge in [-0.2, -0.15) is 0 Å². The number of carbonyl (C=O) groups excluding carboxylic acids is 1. The number of fused-ring (bicyclic) bond motifs is 1. The fourth-order valence-electron chi connectivity index (χ4n) is 4.71. The average Bonchev–Trinajstić information content (AvgIpc) is 3.65. The molecule has 1 amide bonds. The molecule has 1 N–H and O–H groups in total. The lowest BCUT2D eigenvalue weighted by molar-refractivity contribution is -0.131. The molecule has 2 aliphatic rings. The van der Waals surface area contributed by atoms with Crippen LogP contribution in [0.3, 0.4) is 0 Å². The molecule has 3 aromatic carbocycles. The van der Waals surface area contributed by atoms with Gasteiger partial charge in [-0.05, 0) is 65.7 Å². The van der Waals surface area contributed by atoms with Gasteiger partial charge in [0.05, 0.1) is 40.9 Å². The summed E-state index contributed by atoms with van der Waals surface area (Å²) in [7, 11) is 1.61. The smallest absolute Gasteiger partial charge is 0.272 e. The highest BCUT2D eigenvalue weighted by molar-refractivity contribution is 8.00. The Bertz CT molecular complexity index is 1640. The number of hydrogen-bond donors (Lipinski definition) is 1. The fourth-order valence-corrected chi connectivity index (χ4v) is 6.63. The number of amides is 1. The molecular weight excluding hydrogens is 547 g/mol. The number of rotatable bonds is 7. The van der Waals surface area contributed by atoms with Crippen LogP contribution in [0.4, 0.5) is 4.39 Å². The van der Waals surface area contributed by atoms with E-state index in [0.29, 0.717) is 15.7 Å². The average molecular weight is 573 g/mol. The van der Waals surface area contributed by atoms with Gasteiger partial charge in [-0.25, -0.2) is 14.4 Å². The normalized spacial score (nSPS) is 15.9. The Balaban J connectivity index is 1.29. The van der Waals surface area contributed by atoms with Gasteiger partial charge >= 0.3 is 0 Å². The van der Waals surface area contributed by atoms with Crippen LogP contribution in [0.5, 0.6) is 5.75 Å². The fraction of sp³-hybridized carbons (Fsp3) is 0.167. The zero-order valence-electron chi connectivity index (χ0n) is 21.5. The zero-order chi connectivity index (χ0) is 27.6. The number of benzene rings is 3. The van der Waals surface area contributed by atoms with Crippen molar-refractivity contribution < 1.29 is 13.9 Å². The first kappa shape index (κ1) is 26.2. The van der Waals surface area contributed by atoms with Gasteiger partial charge in [0.2, 0.25) is 0 Å². The third-order valence-corrected chi connectivity index (χ3v) is 8.76. The van der Waals surface area contributed by atoms with E-state index >= 15 is 0 Å². The number of thioether (sulfide) groups is 2. The lowest BCUT2D eigenvalue weighted by Gasteiger charge is -2.25. The van der Waals surface area contributed by atoms with Gasteiger partial charge in [-0.3, -0.25) is 19.6 Å². The van der Waals surface area contributed by atoms with Crippen molar-refractivity contribution in [2.45, 2.75) is 22.5 Å². The van der Waals surface area contributed by atoms with Crippen molar-refractivity contribution in [3.8, 4) is 11.4 Å². The maximum absolute atomic E-state index is 13.7. The number of carbonyl (C=O) groups is 1. The topological polar surface area (TPSA) is 76.5 Å². The molecule has 202 valence electrons. The molecule has 10 heteroatoms. The Morgan fingerprint density at radius 1 is 1.10 bits per heavy atom. The summed E-state index contributed by atoms with van der Waals surface area (Å²) in [5.41, 5.74) is 7.03. The molecule has 6 rings (SSSR count). The summed E-state index contributed by atoms with van der Waals surface area (Å²) in [6, 6.07) is 22.5. The molecular formula is C30H25FN4O3S2. The monoisotopic (exact) mass is 572 g/mol. The minimum absolute atomic E-state index is 0.0413. The van der Waals surface area contributed by atoms with Crippen LogP contribution in [0.25, 0.3) is 11.4 Å². The number of methoxy groups -OCH3 is 1. The van der Waals surface area contributed by atoms with Crippen molar-refractivity contribution in [2.75, 3.05) is 18.6 Å². The Morgan fingerprint density at radius 2 is 1.85 bits per heavy atom. The van der Waals surface area contributed by atoms with E-state index in [4.69, 9.17) is 9.72 Å². The molecule has 1 atom stereocenters. The second kappa shape index (κ2) is 11.2.